The fourth-order valence-electron chi connectivity index (χ4n) is 1.78. The zero-order valence-corrected chi connectivity index (χ0v) is 14.0. The lowest BCUT2D eigenvalue weighted by Crippen LogP contribution is -2.25. The van der Waals surface area contributed by atoms with Crippen molar-refractivity contribution < 1.29 is 4.79 Å². The second-order valence-electron chi connectivity index (χ2n) is 4.58. The molecule has 0 aliphatic rings. The van der Waals surface area contributed by atoms with E-state index in [9.17, 15) is 4.79 Å². The minimum atomic E-state index is -0.551. The van der Waals surface area contributed by atoms with Crippen molar-refractivity contribution in [2.45, 2.75) is 13.0 Å². The second kappa shape index (κ2) is 6.37. The quantitative estimate of drug-likeness (QED) is 0.756. The zero-order valence-electron chi connectivity index (χ0n) is 11.6. The molecule has 0 aliphatic carbocycles. The number of nitrogens with one attached hydrogen (secondary N) is 1. The Morgan fingerprint density at radius 1 is 1.32 bits per heavy atom. The number of amides is 1. The molecule has 0 aliphatic heterocycles. The summed E-state index contributed by atoms with van der Waals surface area (Å²) < 4.78 is 0.956. The molecule has 1 atom stereocenters. The first-order valence-electron chi connectivity index (χ1n) is 6.53. The van der Waals surface area contributed by atoms with E-state index in [0.29, 0.717) is 5.82 Å². The predicted octanol–water partition coefficient (Wildman–Crippen LogP) is 3.36. The van der Waals surface area contributed by atoms with Crippen LogP contribution in [0.4, 0.5) is 5.69 Å². The molecular weight excluding hydrogens is 366 g/mol. The summed E-state index contributed by atoms with van der Waals surface area (Å²) in [5.74, 6) is 0.329. The molecular formula is C14H12BrN5OS. The predicted molar refractivity (Wildman–Crippen MR) is 88.6 cm³/mol. The number of hydrogen-bond acceptors (Lipinski definition) is 5. The Morgan fingerprint density at radius 3 is 2.77 bits per heavy atom. The van der Waals surface area contributed by atoms with Crippen LogP contribution in [0.2, 0.25) is 0 Å². The SMILES string of the molecule is C[C@H](C(=O)Nc1ccc(Br)cc1)n1nnc(-c2cccs2)n1. The number of hydrogen-bond donors (Lipinski definition) is 1. The third kappa shape index (κ3) is 3.23. The van der Waals surface area contributed by atoms with E-state index in [2.05, 4.69) is 36.7 Å². The minimum Gasteiger partial charge on any atom is -0.324 e. The summed E-state index contributed by atoms with van der Waals surface area (Å²) >= 11 is 4.88. The molecule has 1 aromatic carbocycles. The lowest BCUT2D eigenvalue weighted by molar-refractivity contribution is -0.119. The molecule has 0 bridgehead atoms. The van der Waals surface area contributed by atoms with E-state index in [0.717, 1.165) is 15.0 Å². The molecule has 0 saturated carbocycles. The Kier molecular flexibility index (Phi) is 4.30. The van der Waals surface area contributed by atoms with E-state index in [4.69, 9.17) is 0 Å². The Balaban J connectivity index is 1.71. The van der Waals surface area contributed by atoms with Crippen LogP contribution < -0.4 is 5.32 Å². The highest BCUT2D eigenvalue weighted by Crippen LogP contribution is 2.20. The first-order valence-corrected chi connectivity index (χ1v) is 8.20. The molecule has 112 valence electrons. The van der Waals surface area contributed by atoms with Gasteiger partial charge >= 0.3 is 0 Å². The summed E-state index contributed by atoms with van der Waals surface area (Å²) in [5, 5.41) is 17.0. The van der Waals surface area contributed by atoms with E-state index < -0.39 is 6.04 Å². The van der Waals surface area contributed by atoms with Crippen molar-refractivity contribution in [1.29, 1.82) is 0 Å². The van der Waals surface area contributed by atoms with Crippen molar-refractivity contribution in [2.75, 3.05) is 5.32 Å². The van der Waals surface area contributed by atoms with E-state index >= 15 is 0 Å². The Bertz CT molecular complexity index is 769. The number of anilines is 1. The standard InChI is InChI=1S/C14H12BrN5OS/c1-9(14(21)16-11-6-4-10(15)5-7-11)20-18-13(17-19-20)12-3-2-8-22-12/h2-9H,1H3,(H,16,21)/t9-/m1/s1. The average molecular weight is 378 g/mol. The normalized spacial score (nSPS) is 12.1. The molecule has 0 fully saturated rings. The molecule has 2 aromatic heterocycles. The van der Waals surface area contributed by atoms with Gasteiger partial charge < -0.3 is 5.32 Å². The fraction of sp³-hybridized carbons (Fsp3) is 0.143. The summed E-state index contributed by atoms with van der Waals surface area (Å²) in [5.41, 5.74) is 0.721. The van der Waals surface area contributed by atoms with Crippen LogP contribution in [0.1, 0.15) is 13.0 Å². The van der Waals surface area contributed by atoms with Crippen LogP contribution in [0.3, 0.4) is 0 Å². The summed E-state index contributed by atoms with van der Waals surface area (Å²) in [6.07, 6.45) is 0. The largest absolute Gasteiger partial charge is 0.324 e. The number of thiophene rings is 1. The van der Waals surface area contributed by atoms with Gasteiger partial charge in [0, 0.05) is 10.2 Å². The maximum absolute atomic E-state index is 12.2. The van der Waals surface area contributed by atoms with Crippen LogP contribution in [0.25, 0.3) is 10.7 Å². The number of aromatic nitrogens is 4. The van der Waals surface area contributed by atoms with Gasteiger partial charge in [0.25, 0.3) is 5.91 Å². The summed E-state index contributed by atoms with van der Waals surface area (Å²) in [6.45, 7) is 1.73. The van der Waals surface area contributed by atoms with E-state index in [1.807, 2.05) is 41.8 Å². The topological polar surface area (TPSA) is 72.7 Å². The average Bonchev–Trinajstić information content (AvgIpc) is 3.19. The Morgan fingerprint density at radius 2 is 2.09 bits per heavy atom. The van der Waals surface area contributed by atoms with Gasteiger partial charge in [-0.2, -0.15) is 4.80 Å². The zero-order chi connectivity index (χ0) is 15.5. The first kappa shape index (κ1) is 14.9. The lowest BCUT2D eigenvalue weighted by Gasteiger charge is -2.10. The monoisotopic (exact) mass is 377 g/mol. The minimum absolute atomic E-state index is 0.197. The fourth-order valence-corrected chi connectivity index (χ4v) is 2.69. The van der Waals surface area contributed by atoms with Gasteiger partial charge in [-0.1, -0.05) is 22.0 Å². The lowest BCUT2D eigenvalue weighted by atomic mass is 10.3. The molecule has 0 saturated heterocycles. The molecule has 3 rings (SSSR count). The third-order valence-electron chi connectivity index (χ3n) is 3.01. The molecule has 22 heavy (non-hydrogen) atoms. The maximum atomic E-state index is 12.2. The van der Waals surface area contributed by atoms with E-state index in [1.54, 1.807) is 6.92 Å². The van der Waals surface area contributed by atoms with Crippen LogP contribution in [-0.4, -0.2) is 26.1 Å². The van der Waals surface area contributed by atoms with Crippen molar-refractivity contribution in [3.8, 4) is 10.7 Å². The van der Waals surface area contributed by atoms with E-state index in [1.165, 1.54) is 16.1 Å². The van der Waals surface area contributed by atoms with Crippen LogP contribution >= 0.6 is 27.3 Å². The van der Waals surface area contributed by atoms with Gasteiger partial charge in [-0.05, 0) is 47.8 Å². The molecule has 0 spiro atoms. The number of tetrazole rings is 1. The molecule has 6 nitrogen and oxygen atoms in total. The number of benzene rings is 1. The van der Waals surface area contributed by atoms with E-state index in [-0.39, 0.29) is 5.91 Å². The highest BCUT2D eigenvalue weighted by molar-refractivity contribution is 9.10. The summed E-state index contributed by atoms with van der Waals surface area (Å²) in [4.78, 5) is 14.5. The van der Waals surface area contributed by atoms with Gasteiger partial charge in [0.1, 0.15) is 6.04 Å². The van der Waals surface area contributed by atoms with Crippen molar-refractivity contribution >= 4 is 38.9 Å². The summed E-state index contributed by atoms with van der Waals surface area (Å²) in [7, 11) is 0. The van der Waals surface area contributed by atoms with Crippen LogP contribution in [-0.2, 0) is 4.79 Å². The van der Waals surface area contributed by atoms with Crippen molar-refractivity contribution in [3.63, 3.8) is 0 Å². The van der Waals surface area contributed by atoms with Crippen molar-refractivity contribution in [1.82, 2.24) is 20.2 Å². The van der Waals surface area contributed by atoms with Gasteiger partial charge in [-0.3, -0.25) is 4.79 Å². The van der Waals surface area contributed by atoms with Crippen LogP contribution in [0.15, 0.2) is 46.3 Å². The molecule has 2 heterocycles. The van der Waals surface area contributed by atoms with Crippen LogP contribution in [0, 0.1) is 0 Å². The molecule has 8 heteroatoms. The first-order chi connectivity index (χ1) is 10.6. The van der Waals surface area contributed by atoms with Gasteiger partial charge in [-0.15, -0.1) is 21.5 Å². The Labute approximate surface area is 139 Å². The highest BCUT2D eigenvalue weighted by Gasteiger charge is 2.19. The summed E-state index contributed by atoms with van der Waals surface area (Å²) in [6, 6.07) is 10.7. The van der Waals surface area contributed by atoms with Gasteiger partial charge in [-0.25, -0.2) is 0 Å². The van der Waals surface area contributed by atoms with Gasteiger partial charge in [0.05, 0.1) is 4.88 Å². The van der Waals surface area contributed by atoms with Crippen molar-refractivity contribution in [2.24, 2.45) is 0 Å². The third-order valence-corrected chi connectivity index (χ3v) is 4.40. The number of halogens is 1. The molecule has 3 aromatic rings. The number of nitrogens with zero attached hydrogens (tertiary/aromatic N) is 4. The Hall–Kier alpha value is -2.06. The smallest absolute Gasteiger partial charge is 0.250 e. The molecule has 0 radical (unpaired) electrons. The highest BCUT2D eigenvalue weighted by atomic mass is 79.9. The van der Waals surface area contributed by atoms with Gasteiger partial charge in [0.15, 0.2) is 0 Å². The van der Waals surface area contributed by atoms with Crippen molar-refractivity contribution in [3.05, 3.63) is 46.3 Å². The molecule has 0 unspecified atom stereocenters. The second-order valence-corrected chi connectivity index (χ2v) is 6.45. The number of carbonyl (C=O) groups is 1. The molecule has 1 N–H and O–H groups in total. The maximum Gasteiger partial charge on any atom is 0.250 e. The van der Waals surface area contributed by atoms with Gasteiger partial charge in [0.2, 0.25) is 5.82 Å². The van der Waals surface area contributed by atoms with Crippen LogP contribution in [0.5, 0.6) is 0 Å². The molecule has 1 amide bonds. The number of rotatable bonds is 4. The number of carbonyl (C=O) groups excluding carboxylic acids is 1.